The van der Waals surface area contributed by atoms with E-state index in [9.17, 15) is 14.3 Å². The minimum absolute atomic E-state index is 0.115. The first-order valence-electron chi connectivity index (χ1n) is 7.78. The van der Waals surface area contributed by atoms with Crippen LogP contribution in [-0.4, -0.2) is 42.2 Å². The molecule has 2 aromatic rings. The fraction of sp³-hybridized carbons (Fsp3) is 0.278. The fourth-order valence-electron chi connectivity index (χ4n) is 3.09. The molecule has 0 saturated carbocycles. The molecule has 24 heavy (non-hydrogen) atoms. The maximum Gasteiger partial charge on any atom is 0.325 e. The number of benzene rings is 2. The molecule has 1 heterocycles. The molecule has 126 valence electrons. The summed E-state index contributed by atoms with van der Waals surface area (Å²) in [4.78, 5) is 15.8. The first-order valence-corrected chi connectivity index (χ1v) is 8.16. The smallest absolute Gasteiger partial charge is 0.325 e. The van der Waals surface area contributed by atoms with Crippen LogP contribution < -0.4 is 4.90 Å². The number of hydrogen-bond donors (Lipinski definition) is 1. The third-order valence-electron chi connectivity index (χ3n) is 4.31. The Labute approximate surface area is 145 Å². The van der Waals surface area contributed by atoms with Crippen molar-refractivity contribution >= 4 is 23.3 Å². The van der Waals surface area contributed by atoms with Crippen LogP contribution >= 0.6 is 11.6 Å². The third-order valence-corrected chi connectivity index (χ3v) is 4.71. The zero-order valence-electron chi connectivity index (χ0n) is 13.0. The Morgan fingerprint density at radius 2 is 1.71 bits per heavy atom. The van der Waals surface area contributed by atoms with Crippen molar-refractivity contribution in [3.63, 3.8) is 0 Å². The highest BCUT2D eigenvalue weighted by Gasteiger charge is 2.32. The molecule has 1 saturated heterocycles. The predicted molar refractivity (Wildman–Crippen MR) is 92.0 cm³/mol. The summed E-state index contributed by atoms with van der Waals surface area (Å²) in [5.74, 6) is -1.61. The molecule has 3 rings (SSSR count). The Balaban J connectivity index is 1.77. The summed E-state index contributed by atoms with van der Waals surface area (Å²) in [6, 6.07) is 13.4. The topological polar surface area (TPSA) is 43.8 Å². The van der Waals surface area contributed by atoms with E-state index in [1.54, 1.807) is 6.07 Å². The number of rotatable bonds is 4. The van der Waals surface area contributed by atoms with Gasteiger partial charge in [-0.2, -0.15) is 0 Å². The van der Waals surface area contributed by atoms with Crippen LogP contribution in [0.5, 0.6) is 0 Å². The van der Waals surface area contributed by atoms with Crippen LogP contribution in [0, 0.1) is 5.82 Å². The van der Waals surface area contributed by atoms with Gasteiger partial charge in [0.2, 0.25) is 0 Å². The second-order valence-electron chi connectivity index (χ2n) is 5.74. The number of carbonyl (C=O) groups is 1. The number of carboxylic acids is 1. The Kier molecular flexibility index (Phi) is 5.02. The molecule has 1 aliphatic rings. The van der Waals surface area contributed by atoms with Gasteiger partial charge in [0, 0.05) is 37.4 Å². The monoisotopic (exact) mass is 348 g/mol. The maximum atomic E-state index is 13.7. The Morgan fingerprint density at radius 1 is 1.04 bits per heavy atom. The van der Waals surface area contributed by atoms with Gasteiger partial charge in [-0.3, -0.25) is 9.69 Å². The van der Waals surface area contributed by atoms with E-state index in [1.807, 2.05) is 35.2 Å². The molecular weight excluding hydrogens is 331 g/mol. The maximum absolute atomic E-state index is 13.7. The van der Waals surface area contributed by atoms with Crippen molar-refractivity contribution in [1.29, 1.82) is 0 Å². The van der Waals surface area contributed by atoms with Gasteiger partial charge in [-0.25, -0.2) is 4.39 Å². The van der Waals surface area contributed by atoms with Crippen LogP contribution in [0.3, 0.4) is 0 Å². The van der Waals surface area contributed by atoms with Gasteiger partial charge < -0.3 is 10.0 Å². The van der Waals surface area contributed by atoms with E-state index in [1.165, 1.54) is 12.1 Å². The van der Waals surface area contributed by atoms with Crippen LogP contribution in [-0.2, 0) is 4.79 Å². The third kappa shape index (κ3) is 3.37. The second-order valence-corrected chi connectivity index (χ2v) is 6.12. The molecule has 1 N–H and O–H groups in total. The minimum atomic E-state index is -1.02. The fourth-order valence-corrected chi connectivity index (χ4v) is 3.32. The SMILES string of the molecule is O=C(O)[C@@H](c1cccc(F)c1Cl)N1CCN(c2ccccc2)CC1. The van der Waals surface area contributed by atoms with Gasteiger partial charge in [-0.15, -0.1) is 0 Å². The highest BCUT2D eigenvalue weighted by Crippen LogP contribution is 2.31. The van der Waals surface area contributed by atoms with Crippen molar-refractivity contribution < 1.29 is 14.3 Å². The molecule has 4 nitrogen and oxygen atoms in total. The quantitative estimate of drug-likeness (QED) is 0.919. The van der Waals surface area contributed by atoms with Crippen molar-refractivity contribution in [2.75, 3.05) is 31.1 Å². The Bertz CT molecular complexity index is 718. The molecular formula is C18H18ClFN2O2. The Hall–Kier alpha value is -2.11. The molecule has 2 aromatic carbocycles. The molecule has 0 spiro atoms. The summed E-state index contributed by atoms with van der Waals surface area (Å²) in [5.41, 5.74) is 1.42. The summed E-state index contributed by atoms with van der Waals surface area (Å²) in [5, 5.41) is 9.53. The van der Waals surface area contributed by atoms with E-state index in [0.717, 1.165) is 5.69 Å². The zero-order valence-corrected chi connectivity index (χ0v) is 13.8. The summed E-state index contributed by atoms with van der Waals surface area (Å²) in [7, 11) is 0. The first kappa shape index (κ1) is 16.7. The van der Waals surface area contributed by atoms with Gasteiger partial charge in [-0.1, -0.05) is 41.9 Å². The summed E-state index contributed by atoms with van der Waals surface area (Å²) in [6.07, 6.45) is 0. The molecule has 1 fully saturated rings. The average molecular weight is 349 g/mol. The van der Waals surface area contributed by atoms with Gasteiger partial charge in [0.15, 0.2) is 0 Å². The van der Waals surface area contributed by atoms with Crippen molar-refractivity contribution in [3.8, 4) is 0 Å². The van der Waals surface area contributed by atoms with Crippen molar-refractivity contribution in [1.82, 2.24) is 4.90 Å². The number of anilines is 1. The molecule has 0 amide bonds. The average Bonchev–Trinajstić information content (AvgIpc) is 2.60. The van der Waals surface area contributed by atoms with Crippen LogP contribution in [0.15, 0.2) is 48.5 Å². The molecule has 0 unspecified atom stereocenters. The van der Waals surface area contributed by atoms with Gasteiger partial charge in [0.25, 0.3) is 0 Å². The van der Waals surface area contributed by atoms with Crippen molar-refractivity contribution in [2.24, 2.45) is 0 Å². The normalized spacial score (nSPS) is 16.8. The highest BCUT2D eigenvalue weighted by atomic mass is 35.5. The van der Waals surface area contributed by atoms with Crippen LogP contribution in [0.2, 0.25) is 5.02 Å². The molecule has 1 aliphatic heterocycles. The van der Waals surface area contributed by atoms with Gasteiger partial charge in [-0.05, 0) is 18.2 Å². The molecule has 0 aliphatic carbocycles. The predicted octanol–water partition coefficient (Wildman–Crippen LogP) is 3.43. The molecule has 0 bridgehead atoms. The van der Waals surface area contributed by atoms with Gasteiger partial charge in [0.1, 0.15) is 11.9 Å². The van der Waals surface area contributed by atoms with E-state index in [2.05, 4.69) is 4.90 Å². The first-order chi connectivity index (χ1) is 11.6. The van der Waals surface area contributed by atoms with Crippen LogP contribution in [0.4, 0.5) is 10.1 Å². The van der Waals surface area contributed by atoms with Crippen LogP contribution in [0.25, 0.3) is 0 Å². The van der Waals surface area contributed by atoms with Gasteiger partial charge in [0.05, 0.1) is 5.02 Å². The molecule has 6 heteroatoms. The lowest BCUT2D eigenvalue weighted by Gasteiger charge is -2.39. The van der Waals surface area contributed by atoms with Crippen LogP contribution in [0.1, 0.15) is 11.6 Å². The second kappa shape index (κ2) is 7.20. The number of carboxylic acid groups (broad SMARTS) is 1. The molecule has 1 atom stereocenters. The highest BCUT2D eigenvalue weighted by molar-refractivity contribution is 6.31. The van der Waals surface area contributed by atoms with E-state index < -0.39 is 17.8 Å². The molecule has 0 radical (unpaired) electrons. The Morgan fingerprint density at radius 3 is 2.33 bits per heavy atom. The number of nitrogens with zero attached hydrogens (tertiary/aromatic N) is 2. The lowest BCUT2D eigenvalue weighted by Crippen LogP contribution is -2.49. The lowest BCUT2D eigenvalue weighted by atomic mass is 10.0. The lowest BCUT2D eigenvalue weighted by molar-refractivity contribution is -0.143. The zero-order chi connectivity index (χ0) is 17.1. The number of aliphatic carboxylic acids is 1. The van der Waals surface area contributed by atoms with E-state index >= 15 is 0 Å². The van der Waals surface area contributed by atoms with E-state index in [-0.39, 0.29) is 5.02 Å². The number of piperazine rings is 1. The largest absolute Gasteiger partial charge is 0.480 e. The number of halogens is 2. The summed E-state index contributed by atoms with van der Waals surface area (Å²) in [6.45, 7) is 2.55. The standard InChI is InChI=1S/C18H18ClFN2O2/c19-16-14(7-4-8-15(16)20)17(18(23)24)22-11-9-21(10-12-22)13-5-2-1-3-6-13/h1-8,17H,9-12H2,(H,23,24)/t17-/m1/s1. The van der Waals surface area contributed by atoms with Crippen molar-refractivity contribution in [2.45, 2.75) is 6.04 Å². The number of para-hydroxylation sites is 1. The van der Waals surface area contributed by atoms with Crippen molar-refractivity contribution in [3.05, 3.63) is 64.9 Å². The number of hydrogen-bond acceptors (Lipinski definition) is 3. The minimum Gasteiger partial charge on any atom is -0.480 e. The summed E-state index contributed by atoms with van der Waals surface area (Å²) >= 11 is 6.00. The van der Waals surface area contributed by atoms with Gasteiger partial charge >= 0.3 is 5.97 Å². The van der Waals surface area contributed by atoms with E-state index in [0.29, 0.717) is 31.7 Å². The van der Waals surface area contributed by atoms with E-state index in [4.69, 9.17) is 11.6 Å². The summed E-state index contributed by atoms with van der Waals surface area (Å²) < 4.78 is 13.7. The molecule has 0 aromatic heterocycles.